The standard InChI is InChI=1S/C13H17F3N4O2S.ClH/c14-13(15,16)10(20-5-3-18-4-6-20)7-19-12(22)9-2-1-8(23-9)11(17)21;/h1-2,10,18H,3-7H2,(H2,17,21)(H,19,22);1H. The molecule has 0 spiro atoms. The lowest BCUT2D eigenvalue weighted by Gasteiger charge is -2.35. The van der Waals surface area contributed by atoms with Gasteiger partial charge in [-0.05, 0) is 12.1 Å². The minimum Gasteiger partial charge on any atom is -0.365 e. The van der Waals surface area contributed by atoms with Crippen LogP contribution in [-0.4, -0.2) is 61.7 Å². The van der Waals surface area contributed by atoms with Gasteiger partial charge in [-0.3, -0.25) is 14.5 Å². The maximum atomic E-state index is 13.2. The van der Waals surface area contributed by atoms with Gasteiger partial charge in [-0.15, -0.1) is 23.7 Å². The number of piperazine rings is 1. The Kier molecular flexibility index (Phi) is 7.46. The molecule has 2 rings (SSSR count). The third kappa shape index (κ3) is 5.33. The molecule has 2 heterocycles. The molecule has 0 radical (unpaired) electrons. The normalized spacial score (nSPS) is 17.0. The number of primary amides is 1. The quantitative estimate of drug-likeness (QED) is 0.699. The number of nitrogens with zero attached hydrogens (tertiary/aromatic N) is 1. The lowest BCUT2D eigenvalue weighted by atomic mass is 10.2. The molecule has 1 aliphatic rings. The van der Waals surface area contributed by atoms with Crippen molar-refractivity contribution in [3.8, 4) is 0 Å². The Labute approximate surface area is 147 Å². The van der Waals surface area contributed by atoms with Crippen molar-refractivity contribution < 1.29 is 22.8 Å². The number of nitrogens with two attached hydrogens (primary N) is 1. The molecule has 1 unspecified atom stereocenters. The lowest BCUT2D eigenvalue weighted by Crippen LogP contribution is -2.57. The molecule has 0 aliphatic carbocycles. The summed E-state index contributed by atoms with van der Waals surface area (Å²) in [6.07, 6.45) is -4.43. The zero-order valence-electron chi connectivity index (χ0n) is 12.6. The Morgan fingerprint density at radius 2 is 1.88 bits per heavy atom. The SMILES string of the molecule is Cl.NC(=O)c1ccc(C(=O)NCC(N2CCNCC2)C(F)(F)F)s1. The van der Waals surface area contributed by atoms with Gasteiger partial charge in [-0.2, -0.15) is 13.2 Å². The number of alkyl halides is 3. The van der Waals surface area contributed by atoms with Crippen LogP contribution in [0.4, 0.5) is 13.2 Å². The Hall–Kier alpha value is -1.36. The first-order chi connectivity index (χ1) is 10.8. The van der Waals surface area contributed by atoms with E-state index in [0.717, 1.165) is 11.3 Å². The zero-order chi connectivity index (χ0) is 17.0. The molecule has 2 amide bonds. The van der Waals surface area contributed by atoms with Crippen molar-refractivity contribution in [3.05, 3.63) is 21.9 Å². The average molecular weight is 387 g/mol. The molecule has 1 saturated heterocycles. The molecule has 0 bridgehead atoms. The highest BCUT2D eigenvalue weighted by atomic mass is 35.5. The highest BCUT2D eigenvalue weighted by Gasteiger charge is 2.43. The minimum absolute atomic E-state index is 0. The maximum Gasteiger partial charge on any atom is 0.405 e. The first-order valence-electron chi connectivity index (χ1n) is 6.98. The Balaban J connectivity index is 0.00000288. The highest BCUT2D eigenvalue weighted by molar-refractivity contribution is 7.15. The van der Waals surface area contributed by atoms with Crippen LogP contribution in [0.2, 0.25) is 0 Å². The van der Waals surface area contributed by atoms with E-state index in [1.165, 1.54) is 17.0 Å². The molecule has 24 heavy (non-hydrogen) atoms. The molecule has 1 atom stereocenters. The van der Waals surface area contributed by atoms with Crippen LogP contribution < -0.4 is 16.4 Å². The molecule has 0 saturated carbocycles. The fourth-order valence-corrected chi connectivity index (χ4v) is 3.09. The van der Waals surface area contributed by atoms with E-state index in [9.17, 15) is 22.8 Å². The van der Waals surface area contributed by atoms with E-state index in [0.29, 0.717) is 13.1 Å². The summed E-state index contributed by atoms with van der Waals surface area (Å²) >= 11 is 0.852. The molecular formula is C13H18ClF3N4O2S. The third-order valence-corrected chi connectivity index (χ3v) is 4.60. The second-order valence-corrected chi connectivity index (χ2v) is 6.17. The number of carbonyl (C=O) groups excluding carboxylic acids is 2. The summed E-state index contributed by atoms with van der Waals surface area (Å²) in [6, 6.07) is 1.01. The fraction of sp³-hybridized carbons (Fsp3) is 0.538. The van der Waals surface area contributed by atoms with Crippen LogP contribution >= 0.6 is 23.7 Å². The van der Waals surface area contributed by atoms with Crippen molar-refractivity contribution in [1.82, 2.24) is 15.5 Å². The Morgan fingerprint density at radius 3 is 2.38 bits per heavy atom. The van der Waals surface area contributed by atoms with Crippen molar-refractivity contribution in [1.29, 1.82) is 0 Å². The summed E-state index contributed by atoms with van der Waals surface area (Å²) in [5, 5.41) is 5.28. The largest absolute Gasteiger partial charge is 0.405 e. The number of carbonyl (C=O) groups is 2. The van der Waals surface area contributed by atoms with Gasteiger partial charge in [-0.1, -0.05) is 0 Å². The summed E-state index contributed by atoms with van der Waals surface area (Å²) in [6.45, 7) is 0.961. The van der Waals surface area contributed by atoms with Gasteiger partial charge in [0.05, 0.1) is 9.75 Å². The number of hydrogen-bond acceptors (Lipinski definition) is 5. The van der Waals surface area contributed by atoms with Crippen molar-refractivity contribution in [2.75, 3.05) is 32.7 Å². The fourth-order valence-electron chi connectivity index (χ4n) is 2.31. The zero-order valence-corrected chi connectivity index (χ0v) is 14.2. The van der Waals surface area contributed by atoms with Crippen LogP contribution in [0.5, 0.6) is 0 Å². The number of thiophene rings is 1. The van der Waals surface area contributed by atoms with Crippen LogP contribution in [0.15, 0.2) is 12.1 Å². The van der Waals surface area contributed by atoms with Crippen molar-refractivity contribution in [3.63, 3.8) is 0 Å². The molecule has 1 aromatic heterocycles. The van der Waals surface area contributed by atoms with Gasteiger partial charge >= 0.3 is 6.18 Å². The third-order valence-electron chi connectivity index (χ3n) is 3.50. The molecule has 136 valence electrons. The van der Waals surface area contributed by atoms with Crippen LogP contribution in [0.1, 0.15) is 19.3 Å². The molecule has 1 aliphatic heterocycles. The summed E-state index contributed by atoms with van der Waals surface area (Å²) in [5.74, 6) is -1.32. The molecule has 11 heteroatoms. The summed E-state index contributed by atoms with van der Waals surface area (Å²) in [4.78, 5) is 24.6. The van der Waals surface area contributed by atoms with Crippen molar-refractivity contribution >= 4 is 35.6 Å². The Bertz CT molecular complexity index is 576. The predicted molar refractivity (Wildman–Crippen MR) is 86.7 cm³/mol. The number of rotatable bonds is 5. The smallest absolute Gasteiger partial charge is 0.365 e. The molecule has 6 nitrogen and oxygen atoms in total. The molecule has 1 fully saturated rings. The van der Waals surface area contributed by atoms with E-state index in [2.05, 4.69) is 10.6 Å². The topological polar surface area (TPSA) is 87.5 Å². The molecule has 4 N–H and O–H groups in total. The van der Waals surface area contributed by atoms with E-state index < -0.39 is 30.6 Å². The van der Waals surface area contributed by atoms with E-state index in [1.807, 2.05) is 0 Å². The lowest BCUT2D eigenvalue weighted by molar-refractivity contribution is -0.183. The van der Waals surface area contributed by atoms with Crippen molar-refractivity contribution in [2.45, 2.75) is 12.2 Å². The summed E-state index contributed by atoms with van der Waals surface area (Å²) < 4.78 is 39.6. The van der Waals surface area contributed by atoms with E-state index in [4.69, 9.17) is 5.73 Å². The first-order valence-corrected chi connectivity index (χ1v) is 7.80. The van der Waals surface area contributed by atoms with Crippen LogP contribution in [0.25, 0.3) is 0 Å². The van der Waals surface area contributed by atoms with Crippen LogP contribution in [0.3, 0.4) is 0 Å². The van der Waals surface area contributed by atoms with Gasteiger partial charge in [-0.25, -0.2) is 0 Å². The number of nitrogens with one attached hydrogen (secondary N) is 2. The molecule has 1 aromatic rings. The van der Waals surface area contributed by atoms with Crippen LogP contribution in [-0.2, 0) is 0 Å². The predicted octanol–water partition coefficient (Wildman–Crippen LogP) is 0.835. The molecule has 0 aromatic carbocycles. The number of amides is 2. The monoisotopic (exact) mass is 386 g/mol. The Morgan fingerprint density at radius 1 is 1.29 bits per heavy atom. The number of halogens is 4. The minimum atomic E-state index is -4.43. The second kappa shape index (κ2) is 8.65. The van der Waals surface area contributed by atoms with Gasteiger partial charge in [0, 0.05) is 32.7 Å². The second-order valence-electron chi connectivity index (χ2n) is 5.08. The van der Waals surface area contributed by atoms with Gasteiger partial charge < -0.3 is 16.4 Å². The van der Waals surface area contributed by atoms with Crippen molar-refractivity contribution in [2.24, 2.45) is 5.73 Å². The van der Waals surface area contributed by atoms with E-state index in [1.54, 1.807) is 0 Å². The maximum absolute atomic E-state index is 13.2. The molecular weight excluding hydrogens is 369 g/mol. The van der Waals surface area contributed by atoms with Crippen LogP contribution in [0, 0.1) is 0 Å². The van der Waals surface area contributed by atoms with Gasteiger partial charge in [0.1, 0.15) is 6.04 Å². The number of hydrogen-bond donors (Lipinski definition) is 3. The van der Waals surface area contributed by atoms with Gasteiger partial charge in [0.2, 0.25) is 0 Å². The summed E-state index contributed by atoms with van der Waals surface area (Å²) in [5.41, 5.74) is 5.08. The average Bonchev–Trinajstić information content (AvgIpc) is 2.97. The van der Waals surface area contributed by atoms with Gasteiger partial charge in [0.25, 0.3) is 11.8 Å². The van der Waals surface area contributed by atoms with E-state index in [-0.39, 0.29) is 35.3 Å². The van der Waals surface area contributed by atoms with Gasteiger partial charge in [0.15, 0.2) is 0 Å². The van der Waals surface area contributed by atoms with E-state index >= 15 is 0 Å². The first kappa shape index (κ1) is 20.7. The highest BCUT2D eigenvalue weighted by Crippen LogP contribution is 2.25. The summed E-state index contributed by atoms with van der Waals surface area (Å²) in [7, 11) is 0.